The van der Waals surface area contributed by atoms with Gasteiger partial charge in [0, 0.05) is 13.6 Å². The minimum atomic E-state index is -3.69. The summed E-state index contributed by atoms with van der Waals surface area (Å²) in [6.45, 7) is 2.65. The number of nitrogens with zero attached hydrogens (tertiary/aromatic N) is 2. The van der Waals surface area contributed by atoms with Gasteiger partial charge >= 0.3 is 0 Å². The molecule has 120 valence electrons. The number of nitrogens with one attached hydrogen (secondary N) is 1. The maximum Gasteiger partial charge on any atom is 0.261 e. The van der Waals surface area contributed by atoms with Crippen molar-refractivity contribution in [1.29, 1.82) is 0 Å². The third-order valence-electron chi connectivity index (χ3n) is 2.96. The molecule has 0 fully saturated rings. The quantitative estimate of drug-likeness (QED) is 0.782. The lowest BCUT2D eigenvalue weighted by Gasteiger charge is -2.08. The topological polar surface area (TPSA) is 73.2 Å². The second-order valence-corrected chi connectivity index (χ2v) is 6.91. The SMILES string of the molecule is Cc1cccc(OCCCNS(=O)(=O)c2ncn(C)c2Cl)c1. The Morgan fingerprint density at radius 3 is 2.82 bits per heavy atom. The zero-order chi connectivity index (χ0) is 16.2. The third kappa shape index (κ3) is 4.22. The molecule has 0 spiro atoms. The molecule has 2 aromatic rings. The molecule has 0 saturated carbocycles. The summed E-state index contributed by atoms with van der Waals surface area (Å²) >= 11 is 5.88. The Hall–Kier alpha value is -1.57. The summed E-state index contributed by atoms with van der Waals surface area (Å²) in [5, 5.41) is -0.0696. The molecular formula is C14H18ClN3O3S. The molecular weight excluding hydrogens is 326 g/mol. The largest absolute Gasteiger partial charge is 0.494 e. The highest BCUT2D eigenvalue weighted by Gasteiger charge is 2.21. The van der Waals surface area contributed by atoms with Crippen LogP contribution < -0.4 is 9.46 Å². The Morgan fingerprint density at radius 2 is 2.18 bits per heavy atom. The van der Waals surface area contributed by atoms with Gasteiger partial charge in [0.05, 0.1) is 12.9 Å². The summed E-state index contributed by atoms with van der Waals surface area (Å²) in [6.07, 6.45) is 1.90. The van der Waals surface area contributed by atoms with Crippen LogP contribution >= 0.6 is 11.6 Å². The highest BCUT2D eigenvalue weighted by Crippen LogP contribution is 2.18. The van der Waals surface area contributed by atoms with Crippen LogP contribution in [0.4, 0.5) is 0 Å². The zero-order valence-corrected chi connectivity index (χ0v) is 14.0. The predicted molar refractivity (Wildman–Crippen MR) is 84.7 cm³/mol. The van der Waals surface area contributed by atoms with Crippen molar-refractivity contribution in [3.05, 3.63) is 41.3 Å². The smallest absolute Gasteiger partial charge is 0.261 e. The molecule has 1 aromatic carbocycles. The van der Waals surface area contributed by atoms with Crippen molar-refractivity contribution in [2.24, 2.45) is 7.05 Å². The maximum atomic E-state index is 12.0. The summed E-state index contributed by atoms with van der Waals surface area (Å²) in [6, 6.07) is 7.69. The van der Waals surface area contributed by atoms with Crippen LogP contribution in [0.2, 0.25) is 5.15 Å². The molecule has 6 nitrogen and oxygen atoms in total. The second kappa shape index (κ2) is 7.13. The fourth-order valence-corrected chi connectivity index (χ4v) is 3.31. The molecule has 22 heavy (non-hydrogen) atoms. The Kier molecular flexibility index (Phi) is 5.44. The van der Waals surface area contributed by atoms with E-state index in [1.165, 1.54) is 10.9 Å². The number of halogens is 1. The molecule has 0 unspecified atom stereocenters. The highest BCUT2D eigenvalue weighted by molar-refractivity contribution is 7.89. The molecule has 1 N–H and O–H groups in total. The molecule has 0 radical (unpaired) electrons. The van der Waals surface area contributed by atoms with Crippen LogP contribution in [0.15, 0.2) is 35.6 Å². The van der Waals surface area contributed by atoms with Crippen LogP contribution in [-0.2, 0) is 17.1 Å². The highest BCUT2D eigenvalue weighted by atomic mass is 35.5. The molecule has 0 amide bonds. The molecule has 1 heterocycles. The number of benzene rings is 1. The Bertz CT molecular complexity index is 744. The fourth-order valence-electron chi connectivity index (χ4n) is 1.82. The Labute approximate surface area is 135 Å². The maximum absolute atomic E-state index is 12.0. The van der Waals surface area contributed by atoms with Crippen molar-refractivity contribution >= 4 is 21.6 Å². The molecule has 0 atom stereocenters. The van der Waals surface area contributed by atoms with E-state index in [9.17, 15) is 8.42 Å². The number of hydrogen-bond acceptors (Lipinski definition) is 4. The number of imidazole rings is 1. The lowest BCUT2D eigenvalue weighted by atomic mass is 10.2. The van der Waals surface area contributed by atoms with Gasteiger partial charge in [-0.3, -0.25) is 0 Å². The van der Waals surface area contributed by atoms with Crippen molar-refractivity contribution in [2.75, 3.05) is 13.2 Å². The lowest BCUT2D eigenvalue weighted by Crippen LogP contribution is -2.26. The third-order valence-corrected chi connectivity index (χ3v) is 4.91. The number of aryl methyl sites for hydroxylation is 2. The number of sulfonamides is 1. The van der Waals surface area contributed by atoms with Crippen LogP contribution in [-0.4, -0.2) is 31.1 Å². The summed E-state index contributed by atoms with van der Waals surface area (Å²) in [5.41, 5.74) is 1.11. The molecule has 8 heteroatoms. The van der Waals surface area contributed by atoms with Gasteiger partial charge < -0.3 is 9.30 Å². The summed E-state index contributed by atoms with van der Waals surface area (Å²) in [7, 11) is -2.06. The summed E-state index contributed by atoms with van der Waals surface area (Å²) < 4.78 is 33.5. The van der Waals surface area contributed by atoms with Gasteiger partial charge in [0.25, 0.3) is 10.0 Å². The van der Waals surface area contributed by atoms with Crippen molar-refractivity contribution in [3.63, 3.8) is 0 Å². The predicted octanol–water partition coefficient (Wildman–Crippen LogP) is 2.13. The van der Waals surface area contributed by atoms with Crippen LogP contribution in [0.3, 0.4) is 0 Å². The van der Waals surface area contributed by atoms with E-state index in [2.05, 4.69) is 9.71 Å². The molecule has 2 rings (SSSR count). The van der Waals surface area contributed by atoms with E-state index >= 15 is 0 Å². The Balaban J connectivity index is 1.80. The van der Waals surface area contributed by atoms with Gasteiger partial charge in [-0.1, -0.05) is 23.7 Å². The van der Waals surface area contributed by atoms with Gasteiger partial charge in [-0.2, -0.15) is 0 Å². The molecule has 0 aliphatic carbocycles. The van der Waals surface area contributed by atoms with E-state index in [0.717, 1.165) is 11.3 Å². The van der Waals surface area contributed by atoms with Gasteiger partial charge in [0.1, 0.15) is 10.9 Å². The standard InChI is InChI=1S/C14H18ClN3O3S/c1-11-5-3-6-12(9-11)21-8-4-7-17-22(19,20)14-13(15)18(2)10-16-14/h3,5-6,9-10,17H,4,7-8H2,1-2H3. The first-order valence-corrected chi connectivity index (χ1v) is 8.62. The van der Waals surface area contributed by atoms with Gasteiger partial charge in [0.15, 0.2) is 0 Å². The second-order valence-electron chi connectivity index (χ2n) is 4.87. The van der Waals surface area contributed by atoms with Gasteiger partial charge in [-0.15, -0.1) is 0 Å². The van der Waals surface area contributed by atoms with E-state index in [1.54, 1.807) is 7.05 Å². The van der Waals surface area contributed by atoms with E-state index in [4.69, 9.17) is 16.3 Å². The molecule has 0 saturated heterocycles. The van der Waals surface area contributed by atoms with Crippen molar-refractivity contribution in [1.82, 2.24) is 14.3 Å². The van der Waals surface area contributed by atoms with Gasteiger partial charge in [-0.25, -0.2) is 18.1 Å². The first kappa shape index (κ1) is 16.8. The normalized spacial score (nSPS) is 11.6. The van der Waals surface area contributed by atoms with Crippen LogP contribution in [0, 0.1) is 6.92 Å². The zero-order valence-electron chi connectivity index (χ0n) is 12.4. The molecule has 0 aliphatic rings. The van der Waals surface area contributed by atoms with Crippen molar-refractivity contribution in [3.8, 4) is 5.75 Å². The lowest BCUT2D eigenvalue weighted by molar-refractivity contribution is 0.311. The van der Waals surface area contributed by atoms with Crippen LogP contribution in [0.5, 0.6) is 5.75 Å². The number of hydrogen-bond donors (Lipinski definition) is 1. The van der Waals surface area contributed by atoms with Gasteiger partial charge in [0.2, 0.25) is 5.03 Å². The fraction of sp³-hybridized carbons (Fsp3) is 0.357. The summed E-state index contributed by atoms with van der Waals surface area (Å²) in [5.74, 6) is 0.774. The van der Waals surface area contributed by atoms with Crippen LogP contribution in [0.25, 0.3) is 0 Å². The average molecular weight is 344 g/mol. The first-order valence-electron chi connectivity index (χ1n) is 6.76. The minimum Gasteiger partial charge on any atom is -0.494 e. The number of aromatic nitrogens is 2. The molecule has 0 aliphatic heterocycles. The first-order chi connectivity index (χ1) is 10.4. The van der Waals surface area contributed by atoms with Crippen LogP contribution in [0.1, 0.15) is 12.0 Å². The monoisotopic (exact) mass is 343 g/mol. The summed E-state index contributed by atoms with van der Waals surface area (Å²) in [4.78, 5) is 3.79. The van der Waals surface area contributed by atoms with E-state index in [0.29, 0.717) is 13.0 Å². The number of ether oxygens (including phenoxy) is 1. The van der Waals surface area contributed by atoms with Gasteiger partial charge in [-0.05, 0) is 31.0 Å². The minimum absolute atomic E-state index is 0.0866. The van der Waals surface area contributed by atoms with E-state index in [1.807, 2.05) is 31.2 Å². The Morgan fingerprint density at radius 1 is 1.41 bits per heavy atom. The number of rotatable bonds is 7. The van der Waals surface area contributed by atoms with E-state index < -0.39 is 10.0 Å². The van der Waals surface area contributed by atoms with E-state index in [-0.39, 0.29) is 16.7 Å². The van der Waals surface area contributed by atoms with Crippen molar-refractivity contribution in [2.45, 2.75) is 18.4 Å². The van der Waals surface area contributed by atoms with Crippen molar-refractivity contribution < 1.29 is 13.2 Å². The molecule has 0 bridgehead atoms. The molecule has 1 aromatic heterocycles. The average Bonchev–Trinajstić information content (AvgIpc) is 2.79.